The Balaban J connectivity index is 2.57. The Kier molecular flexibility index (Phi) is 5.65. The van der Waals surface area contributed by atoms with E-state index < -0.39 is 11.7 Å². The number of hydrogen-bond donors (Lipinski definition) is 2. The number of nitrogens with two attached hydrogens (primary N) is 1. The van der Waals surface area contributed by atoms with Crippen LogP contribution in [0.1, 0.15) is 32.4 Å². The third kappa shape index (κ3) is 5.27. The van der Waals surface area contributed by atoms with E-state index in [-0.39, 0.29) is 12.6 Å². The van der Waals surface area contributed by atoms with Gasteiger partial charge < -0.3 is 20.5 Å². The summed E-state index contributed by atoms with van der Waals surface area (Å²) in [5.74, 6) is 0.586. The molecule has 6 heteroatoms. The minimum Gasteiger partial charge on any atom is -0.495 e. The highest BCUT2D eigenvalue weighted by molar-refractivity contribution is 6.32. The highest BCUT2D eigenvalue weighted by Gasteiger charge is 2.17. The number of alkyl carbamates (subject to hydrolysis) is 1. The Hall–Kier alpha value is -1.46. The lowest BCUT2D eigenvalue weighted by molar-refractivity contribution is 0.0524. The maximum absolute atomic E-state index is 11.5. The van der Waals surface area contributed by atoms with Crippen LogP contribution < -0.4 is 15.8 Å². The number of methoxy groups -OCH3 is 1. The molecular weight excluding hydrogens is 280 g/mol. The zero-order valence-corrected chi connectivity index (χ0v) is 13.0. The molecule has 0 spiro atoms. The third-order valence-corrected chi connectivity index (χ3v) is 2.76. The van der Waals surface area contributed by atoms with Crippen molar-refractivity contribution < 1.29 is 14.3 Å². The molecule has 0 aliphatic heterocycles. The van der Waals surface area contributed by atoms with E-state index in [0.29, 0.717) is 10.8 Å². The van der Waals surface area contributed by atoms with Gasteiger partial charge in [-0.2, -0.15) is 0 Å². The molecule has 112 valence electrons. The Morgan fingerprint density at radius 2 is 2.10 bits per heavy atom. The number of ether oxygens (including phenoxy) is 2. The van der Waals surface area contributed by atoms with Crippen LogP contribution in [0.25, 0.3) is 0 Å². The first-order chi connectivity index (χ1) is 9.23. The summed E-state index contributed by atoms with van der Waals surface area (Å²) in [5, 5.41) is 3.11. The lowest BCUT2D eigenvalue weighted by atomic mass is 10.1. The number of benzene rings is 1. The zero-order valence-electron chi connectivity index (χ0n) is 12.2. The van der Waals surface area contributed by atoms with Gasteiger partial charge in [0.25, 0.3) is 0 Å². The summed E-state index contributed by atoms with van der Waals surface area (Å²) in [5.41, 5.74) is 6.28. The van der Waals surface area contributed by atoms with E-state index in [1.807, 2.05) is 6.07 Å². The molecule has 0 heterocycles. The summed E-state index contributed by atoms with van der Waals surface area (Å²) >= 11 is 6.03. The number of hydrogen-bond acceptors (Lipinski definition) is 4. The fraction of sp³-hybridized carbons (Fsp3) is 0.500. The van der Waals surface area contributed by atoms with Crippen LogP contribution in [-0.2, 0) is 4.74 Å². The van der Waals surface area contributed by atoms with Gasteiger partial charge in [-0.3, -0.25) is 0 Å². The number of nitrogens with one attached hydrogen (secondary N) is 1. The van der Waals surface area contributed by atoms with Crippen LogP contribution in [0.15, 0.2) is 18.2 Å². The van der Waals surface area contributed by atoms with Crippen molar-refractivity contribution in [2.24, 2.45) is 5.73 Å². The summed E-state index contributed by atoms with van der Waals surface area (Å²) in [6, 6.07) is 4.91. The molecule has 0 fully saturated rings. The molecule has 0 aromatic heterocycles. The summed E-state index contributed by atoms with van der Waals surface area (Å²) in [4.78, 5) is 11.5. The fourth-order valence-electron chi connectivity index (χ4n) is 1.54. The molecule has 1 aromatic rings. The molecule has 0 aliphatic carbocycles. The SMILES string of the molecule is COc1ccc(C(N)CNC(=O)OC(C)(C)C)cc1Cl. The molecule has 1 unspecified atom stereocenters. The van der Waals surface area contributed by atoms with Crippen molar-refractivity contribution >= 4 is 17.7 Å². The first-order valence-electron chi connectivity index (χ1n) is 6.29. The molecule has 20 heavy (non-hydrogen) atoms. The van der Waals surface area contributed by atoms with E-state index >= 15 is 0 Å². The van der Waals surface area contributed by atoms with Crippen LogP contribution >= 0.6 is 11.6 Å². The molecule has 0 bridgehead atoms. The predicted octanol–water partition coefficient (Wildman–Crippen LogP) is 2.87. The lowest BCUT2D eigenvalue weighted by Gasteiger charge is -2.21. The Morgan fingerprint density at radius 1 is 1.45 bits per heavy atom. The zero-order chi connectivity index (χ0) is 15.3. The molecule has 1 aromatic carbocycles. The first-order valence-corrected chi connectivity index (χ1v) is 6.66. The Morgan fingerprint density at radius 3 is 2.60 bits per heavy atom. The van der Waals surface area contributed by atoms with Gasteiger partial charge in [-0.1, -0.05) is 17.7 Å². The maximum Gasteiger partial charge on any atom is 0.407 e. The Labute approximate surface area is 124 Å². The van der Waals surface area contributed by atoms with Crippen LogP contribution in [0.5, 0.6) is 5.75 Å². The Bertz CT molecular complexity index is 472. The molecule has 3 N–H and O–H groups in total. The topological polar surface area (TPSA) is 73.6 Å². The van der Waals surface area contributed by atoms with Gasteiger partial charge in [0.15, 0.2) is 0 Å². The van der Waals surface area contributed by atoms with Gasteiger partial charge in [0.05, 0.1) is 12.1 Å². The van der Waals surface area contributed by atoms with Crippen LogP contribution in [0.3, 0.4) is 0 Å². The van der Waals surface area contributed by atoms with Gasteiger partial charge in [-0.15, -0.1) is 0 Å². The van der Waals surface area contributed by atoms with Crippen molar-refractivity contribution in [1.82, 2.24) is 5.32 Å². The highest BCUT2D eigenvalue weighted by atomic mass is 35.5. The molecular formula is C14H21ClN2O3. The van der Waals surface area contributed by atoms with Crippen molar-refractivity contribution in [3.63, 3.8) is 0 Å². The van der Waals surface area contributed by atoms with Gasteiger partial charge in [-0.05, 0) is 38.5 Å². The quantitative estimate of drug-likeness (QED) is 0.896. The fourth-order valence-corrected chi connectivity index (χ4v) is 1.80. The molecule has 1 rings (SSSR count). The number of amides is 1. The number of halogens is 1. The predicted molar refractivity (Wildman–Crippen MR) is 79.2 cm³/mol. The largest absolute Gasteiger partial charge is 0.495 e. The van der Waals surface area contributed by atoms with E-state index in [0.717, 1.165) is 5.56 Å². The van der Waals surface area contributed by atoms with Crippen molar-refractivity contribution in [2.45, 2.75) is 32.4 Å². The van der Waals surface area contributed by atoms with Gasteiger partial charge in [0.2, 0.25) is 0 Å². The molecule has 5 nitrogen and oxygen atoms in total. The number of carbonyl (C=O) groups excluding carboxylic acids is 1. The van der Waals surface area contributed by atoms with Gasteiger partial charge in [-0.25, -0.2) is 4.79 Å². The monoisotopic (exact) mass is 300 g/mol. The molecule has 0 radical (unpaired) electrons. The van der Waals surface area contributed by atoms with Gasteiger partial charge in [0.1, 0.15) is 11.4 Å². The van der Waals surface area contributed by atoms with Crippen LogP contribution in [0.4, 0.5) is 4.79 Å². The third-order valence-electron chi connectivity index (χ3n) is 2.47. The second-order valence-corrected chi connectivity index (χ2v) is 5.79. The minimum atomic E-state index is -0.530. The number of carbonyl (C=O) groups is 1. The summed E-state index contributed by atoms with van der Waals surface area (Å²) in [6.45, 7) is 5.67. The molecule has 0 saturated carbocycles. The first kappa shape index (κ1) is 16.6. The average Bonchev–Trinajstić information content (AvgIpc) is 2.33. The lowest BCUT2D eigenvalue weighted by Crippen LogP contribution is -2.36. The maximum atomic E-state index is 11.5. The molecule has 1 atom stereocenters. The van der Waals surface area contributed by atoms with Gasteiger partial charge in [0, 0.05) is 12.6 Å². The second-order valence-electron chi connectivity index (χ2n) is 5.38. The smallest absolute Gasteiger partial charge is 0.407 e. The van der Waals surface area contributed by atoms with Gasteiger partial charge >= 0.3 is 6.09 Å². The summed E-state index contributed by atoms with van der Waals surface area (Å²) in [6.07, 6.45) is -0.493. The van der Waals surface area contributed by atoms with Crippen molar-refractivity contribution in [2.75, 3.05) is 13.7 Å². The molecule has 1 amide bonds. The standard InChI is InChI=1S/C14H21ClN2O3/c1-14(2,3)20-13(18)17-8-11(16)9-5-6-12(19-4)10(15)7-9/h5-7,11H,8,16H2,1-4H3,(H,17,18). The number of rotatable bonds is 4. The van der Waals surface area contributed by atoms with E-state index in [1.54, 1.807) is 40.0 Å². The van der Waals surface area contributed by atoms with Crippen LogP contribution in [-0.4, -0.2) is 25.3 Å². The van der Waals surface area contributed by atoms with Crippen molar-refractivity contribution in [3.05, 3.63) is 28.8 Å². The van der Waals surface area contributed by atoms with E-state index in [1.165, 1.54) is 0 Å². The highest BCUT2D eigenvalue weighted by Crippen LogP contribution is 2.26. The molecule has 0 aliphatic rings. The van der Waals surface area contributed by atoms with E-state index in [2.05, 4.69) is 5.32 Å². The second kappa shape index (κ2) is 6.81. The molecule has 0 saturated heterocycles. The van der Waals surface area contributed by atoms with Crippen molar-refractivity contribution in [1.29, 1.82) is 0 Å². The van der Waals surface area contributed by atoms with Crippen LogP contribution in [0, 0.1) is 0 Å². The summed E-state index contributed by atoms with van der Waals surface area (Å²) in [7, 11) is 1.55. The normalized spacial score (nSPS) is 12.7. The van der Waals surface area contributed by atoms with E-state index in [4.69, 9.17) is 26.8 Å². The average molecular weight is 301 g/mol. The summed E-state index contributed by atoms with van der Waals surface area (Å²) < 4.78 is 10.2. The van der Waals surface area contributed by atoms with Crippen molar-refractivity contribution in [3.8, 4) is 5.75 Å². The van der Waals surface area contributed by atoms with E-state index in [9.17, 15) is 4.79 Å². The van der Waals surface area contributed by atoms with Crippen LogP contribution in [0.2, 0.25) is 5.02 Å². The minimum absolute atomic E-state index is 0.261.